The SMILES string of the molecule is c1ccc(N(c2ccc(-c3ccc4c(c3)c3cc(-c5cccc6ccccc56)ccc3n4-c3ccc4c5ccccc5c5ccccc5c4c3)cc2)c2ccc3c(c2)C(c2ccccc2)(c2ccccc2)c2ccccc2-3)cc1. The molecule has 0 fully saturated rings. The molecule has 0 saturated carbocycles. The Morgan fingerprint density at radius 3 is 1.42 bits per heavy atom. The number of fused-ring (bicyclic) bond motifs is 13. The van der Waals surface area contributed by atoms with Crippen LogP contribution in [0.1, 0.15) is 22.3 Å². The molecule has 1 aromatic heterocycles. The Morgan fingerprint density at radius 1 is 0.253 bits per heavy atom. The van der Waals surface area contributed by atoms with Gasteiger partial charge in [-0.05, 0) is 172 Å². The van der Waals surface area contributed by atoms with Crippen LogP contribution in [0.3, 0.4) is 0 Å². The maximum Gasteiger partial charge on any atom is 0.0714 e. The molecule has 0 saturated heterocycles. The van der Waals surface area contributed by atoms with Crippen molar-refractivity contribution in [2.24, 2.45) is 0 Å². The Morgan fingerprint density at radius 2 is 0.734 bits per heavy atom. The van der Waals surface area contributed by atoms with Crippen LogP contribution in [0.5, 0.6) is 0 Å². The van der Waals surface area contributed by atoms with Crippen LogP contribution < -0.4 is 4.90 Å². The number of hydrogen-bond donors (Lipinski definition) is 0. The van der Waals surface area contributed by atoms with E-state index in [0.29, 0.717) is 0 Å². The minimum absolute atomic E-state index is 0.508. The zero-order valence-electron chi connectivity index (χ0n) is 43.3. The topological polar surface area (TPSA) is 8.17 Å². The van der Waals surface area contributed by atoms with E-state index in [1.807, 2.05) is 0 Å². The second-order valence-electron chi connectivity index (χ2n) is 21.1. The highest BCUT2D eigenvalue weighted by Gasteiger charge is 2.46. The Kier molecular flexibility index (Phi) is 10.2. The highest BCUT2D eigenvalue weighted by molar-refractivity contribution is 6.26. The van der Waals surface area contributed by atoms with E-state index >= 15 is 0 Å². The van der Waals surface area contributed by atoms with Crippen molar-refractivity contribution in [2.45, 2.75) is 5.41 Å². The summed E-state index contributed by atoms with van der Waals surface area (Å²) in [6, 6.07) is 112. The first kappa shape index (κ1) is 45.0. The summed E-state index contributed by atoms with van der Waals surface area (Å²) in [7, 11) is 0. The maximum atomic E-state index is 2.48. The molecule has 1 aliphatic rings. The molecule has 2 nitrogen and oxygen atoms in total. The number of rotatable bonds is 8. The van der Waals surface area contributed by atoms with Gasteiger partial charge in [0.15, 0.2) is 0 Å². The molecule has 0 unspecified atom stereocenters. The van der Waals surface area contributed by atoms with E-state index in [2.05, 4.69) is 313 Å². The van der Waals surface area contributed by atoms with Crippen LogP contribution in [0.15, 0.2) is 303 Å². The van der Waals surface area contributed by atoms with Crippen molar-refractivity contribution in [3.05, 3.63) is 326 Å². The van der Waals surface area contributed by atoms with E-state index in [-0.39, 0.29) is 0 Å². The van der Waals surface area contributed by atoms with E-state index in [0.717, 1.165) is 28.3 Å². The lowest BCUT2D eigenvalue weighted by Crippen LogP contribution is -2.28. The summed E-state index contributed by atoms with van der Waals surface area (Å²) in [5.74, 6) is 0. The molecule has 0 spiro atoms. The molecular formula is C77H50N2. The molecule has 0 atom stereocenters. The van der Waals surface area contributed by atoms with Gasteiger partial charge in [-0.2, -0.15) is 0 Å². The van der Waals surface area contributed by atoms with E-state index in [9.17, 15) is 0 Å². The van der Waals surface area contributed by atoms with E-state index < -0.39 is 5.41 Å². The average Bonchev–Trinajstić information content (AvgIpc) is 4.19. The zero-order valence-corrected chi connectivity index (χ0v) is 43.3. The van der Waals surface area contributed by atoms with Crippen LogP contribution in [-0.2, 0) is 5.41 Å². The van der Waals surface area contributed by atoms with E-state index in [4.69, 9.17) is 0 Å². The molecule has 0 bridgehead atoms. The quantitative estimate of drug-likeness (QED) is 0.138. The number of aromatic nitrogens is 1. The van der Waals surface area contributed by atoms with Crippen molar-refractivity contribution < 1.29 is 0 Å². The van der Waals surface area contributed by atoms with E-state index in [1.165, 1.54) is 115 Å². The van der Waals surface area contributed by atoms with Gasteiger partial charge in [0.25, 0.3) is 0 Å². The van der Waals surface area contributed by atoms with Crippen LogP contribution >= 0.6 is 0 Å². The first-order valence-electron chi connectivity index (χ1n) is 27.4. The summed E-state index contributed by atoms with van der Waals surface area (Å²) in [6.07, 6.45) is 0. The van der Waals surface area contributed by atoms with Crippen LogP contribution in [0, 0.1) is 0 Å². The first-order valence-corrected chi connectivity index (χ1v) is 27.4. The van der Waals surface area contributed by atoms with Gasteiger partial charge in [-0.15, -0.1) is 0 Å². The molecule has 14 aromatic carbocycles. The lowest BCUT2D eigenvalue weighted by molar-refractivity contribution is 0.768. The fourth-order valence-electron chi connectivity index (χ4n) is 13.6. The molecule has 0 radical (unpaired) electrons. The number of nitrogens with zero attached hydrogens (tertiary/aromatic N) is 2. The van der Waals surface area contributed by atoms with Crippen molar-refractivity contribution in [1.82, 2.24) is 4.57 Å². The Balaban J connectivity index is 0.853. The van der Waals surface area contributed by atoms with Gasteiger partial charge < -0.3 is 9.47 Å². The number of para-hydroxylation sites is 1. The van der Waals surface area contributed by atoms with Gasteiger partial charge in [0.1, 0.15) is 0 Å². The molecular weight excluding hydrogens is 953 g/mol. The summed E-state index contributed by atoms with van der Waals surface area (Å²) in [5.41, 5.74) is 18.7. The first-order chi connectivity index (χ1) is 39.2. The predicted octanol–water partition coefficient (Wildman–Crippen LogP) is 20.6. The van der Waals surface area contributed by atoms with Crippen molar-refractivity contribution in [2.75, 3.05) is 4.90 Å². The highest BCUT2D eigenvalue weighted by atomic mass is 15.1. The summed E-state index contributed by atoms with van der Waals surface area (Å²) in [4.78, 5) is 2.41. The monoisotopic (exact) mass is 1000 g/mol. The standard InChI is InChI=1S/C77H50N2/c1-4-21-55(22-5-1)77(56-23-6-2-7-24-56)73-34-17-16-32-68(73)69-44-42-60(50-74(69)77)78(57-25-8-3-9-26-57)58-39-35-51(36-40-58)53-37-45-75-71(47-53)72-48-54(62-33-18-20-52-19-10-11-27-61(52)62)38-46-76(72)79(75)59-41-43-67-65-30-13-12-28-63(65)64-29-14-15-31-66(64)70(67)49-59/h1-50H. The van der Waals surface area contributed by atoms with Crippen LogP contribution in [0.25, 0.3) is 104 Å². The third kappa shape index (κ3) is 6.91. The molecule has 368 valence electrons. The predicted molar refractivity (Wildman–Crippen MR) is 334 cm³/mol. The molecule has 16 rings (SSSR count). The van der Waals surface area contributed by atoms with Crippen LogP contribution in [0.4, 0.5) is 17.1 Å². The molecule has 79 heavy (non-hydrogen) atoms. The van der Waals surface area contributed by atoms with Crippen molar-refractivity contribution in [1.29, 1.82) is 0 Å². The number of benzene rings is 14. The molecule has 0 aliphatic heterocycles. The van der Waals surface area contributed by atoms with Crippen molar-refractivity contribution in [3.63, 3.8) is 0 Å². The molecule has 2 heteroatoms. The smallest absolute Gasteiger partial charge is 0.0714 e. The fourth-order valence-corrected chi connectivity index (χ4v) is 13.6. The van der Waals surface area contributed by atoms with Crippen molar-refractivity contribution in [3.8, 4) is 39.1 Å². The van der Waals surface area contributed by atoms with Gasteiger partial charge in [0, 0.05) is 33.5 Å². The molecule has 1 aliphatic carbocycles. The zero-order chi connectivity index (χ0) is 52.0. The average molecular weight is 1000 g/mol. The largest absolute Gasteiger partial charge is 0.310 e. The van der Waals surface area contributed by atoms with Crippen molar-refractivity contribution >= 4 is 82.0 Å². The maximum absolute atomic E-state index is 2.48. The summed E-state index contributed by atoms with van der Waals surface area (Å²) >= 11 is 0. The van der Waals surface area contributed by atoms with Gasteiger partial charge in [-0.1, -0.05) is 231 Å². The van der Waals surface area contributed by atoms with Gasteiger partial charge in [-0.25, -0.2) is 0 Å². The van der Waals surface area contributed by atoms with Gasteiger partial charge in [0.05, 0.1) is 16.4 Å². The fraction of sp³-hybridized carbons (Fsp3) is 0.0130. The minimum Gasteiger partial charge on any atom is -0.310 e. The number of hydrogen-bond acceptors (Lipinski definition) is 1. The lowest BCUT2D eigenvalue weighted by atomic mass is 9.67. The van der Waals surface area contributed by atoms with Crippen LogP contribution in [-0.4, -0.2) is 4.57 Å². The van der Waals surface area contributed by atoms with E-state index in [1.54, 1.807) is 0 Å². The number of anilines is 3. The molecule has 15 aromatic rings. The summed E-state index contributed by atoms with van der Waals surface area (Å²) < 4.78 is 2.48. The summed E-state index contributed by atoms with van der Waals surface area (Å²) in [6.45, 7) is 0. The minimum atomic E-state index is -0.508. The lowest BCUT2D eigenvalue weighted by Gasteiger charge is -2.35. The van der Waals surface area contributed by atoms with Gasteiger partial charge in [0.2, 0.25) is 0 Å². The Bertz CT molecular complexity index is 4800. The second kappa shape index (κ2) is 17.9. The molecule has 0 N–H and O–H groups in total. The molecule has 1 heterocycles. The Hall–Kier alpha value is -10.3. The second-order valence-corrected chi connectivity index (χ2v) is 21.1. The summed E-state index contributed by atoms with van der Waals surface area (Å²) in [5, 5.41) is 12.6. The van der Waals surface area contributed by atoms with Gasteiger partial charge in [-0.3, -0.25) is 0 Å². The third-order valence-corrected chi connectivity index (χ3v) is 17.0. The van der Waals surface area contributed by atoms with Crippen LogP contribution in [0.2, 0.25) is 0 Å². The Labute approximate surface area is 459 Å². The van der Waals surface area contributed by atoms with Gasteiger partial charge >= 0.3 is 0 Å². The normalized spacial score (nSPS) is 12.7. The third-order valence-electron chi connectivity index (χ3n) is 17.0. The molecule has 0 amide bonds. The highest BCUT2D eigenvalue weighted by Crippen LogP contribution is 2.57.